The zero-order chi connectivity index (χ0) is 14.3. The average molecular weight is 278 g/mol. The molecule has 1 aromatic carbocycles. The van der Waals surface area contributed by atoms with Crippen LogP contribution in [0.4, 0.5) is 0 Å². The van der Waals surface area contributed by atoms with Crippen molar-refractivity contribution in [2.24, 2.45) is 0 Å². The summed E-state index contributed by atoms with van der Waals surface area (Å²) >= 11 is 0. The van der Waals surface area contributed by atoms with Crippen molar-refractivity contribution < 1.29 is 4.74 Å². The maximum absolute atomic E-state index is 5.81. The first-order chi connectivity index (χ1) is 10.4. The molecular weight excluding hydrogens is 260 g/mol. The number of ether oxygens (including phenoxy) is 1. The lowest BCUT2D eigenvalue weighted by Crippen LogP contribution is -2.22. The van der Waals surface area contributed by atoms with Gasteiger partial charge in [0.1, 0.15) is 12.4 Å². The minimum absolute atomic E-state index is 0.609. The van der Waals surface area contributed by atoms with Crippen molar-refractivity contribution in [1.29, 1.82) is 0 Å². The van der Waals surface area contributed by atoms with Crippen molar-refractivity contribution in [3.63, 3.8) is 0 Å². The fourth-order valence-electron chi connectivity index (χ4n) is 2.18. The van der Waals surface area contributed by atoms with E-state index < -0.39 is 0 Å². The van der Waals surface area contributed by atoms with Gasteiger partial charge in [-0.1, -0.05) is 36.4 Å². The van der Waals surface area contributed by atoms with E-state index in [1.54, 1.807) is 0 Å². The molecule has 1 aliphatic rings. The lowest BCUT2D eigenvalue weighted by atomic mass is 10.1. The second kappa shape index (κ2) is 6.75. The number of hydrogen-bond acceptors (Lipinski definition) is 3. The maximum Gasteiger partial charge on any atom is 0.116 e. The molecule has 2 aromatic rings. The van der Waals surface area contributed by atoms with Crippen LogP contribution in [0.25, 0.3) is 0 Å². The van der Waals surface area contributed by atoms with Crippen LogP contribution >= 0.6 is 0 Å². The lowest BCUT2D eigenvalue weighted by Gasteiger charge is -2.18. The van der Waals surface area contributed by atoms with Crippen molar-refractivity contribution >= 4 is 0 Å². The molecular formula is C18H18N2O. The van der Waals surface area contributed by atoms with Crippen LogP contribution in [0.2, 0.25) is 0 Å². The average Bonchev–Trinajstić information content (AvgIpc) is 2.56. The summed E-state index contributed by atoms with van der Waals surface area (Å²) in [6, 6.07) is 16.2. The highest BCUT2D eigenvalue weighted by atomic mass is 16.5. The highest BCUT2D eigenvalue weighted by Crippen LogP contribution is 2.12. The van der Waals surface area contributed by atoms with Gasteiger partial charge in [0.2, 0.25) is 0 Å². The molecule has 1 aliphatic heterocycles. The van der Waals surface area contributed by atoms with E-state index in [1.165, 1.54) is 11.3 Å². The Morgan fingerprint density at radius 3 is 2.57 bits per heavy atom. The molecule has 0 amide bonds. The molecule has 0 bridgehead atoms. The van der Waals surface area contributed by atoms with Crippen LogP contribution < -0.4 is 5.32 Å². The number of hydrogen-bond donors (Lipinski definition) is 1. The lowest BCUT2D eigenvalue weighted by molar-refractivity contribution is 0.192. The Labute approximate surface area is 125 Å². The molecule has 3 nitrogen and oxygen atoms in total. The molecule has 1 N–H and O–H groups in total. The molecule has 2 heterocycles. The molecule has 21 heavy (non-hydrogen) atoms. The standard InChI is InChI=1S/C18H18N2O/c1-2-6-15(7-3-1)14-21-18-10-9-17(20-13-18)12-16-8-4-5-11-19-16/h1-11,20H,12-14H2. The second-order valence-electron chi connectivity index (χ2n) is 4.95. The first-order valence-electron chi connectivity index (χ1n) is 7.10. The number of nitrogens with zero attached hydrogens (tertiary/aromatic N) is 1. The summed E-state index contributed by atoms with van der Waals surface area (Å²) in [6.07, 6.45) is 6.75. The Hall–Kier alpha value is -2.55. The van der Waals surface area contributed by atoms with Gasteiger partial charge >= 0.3 is 0 Å². The SMILES string of the molecule is C1=C(Cc2ccccn2)NCC(OCc2ccccc2)=C1. The molecule has 0 spiro atoms. The second-order valence-corrected chi connectivity index (χ2v) is 4.95. The Balaban J connectivity index is 1.55. The fraction of sp³-hybridized carbons (Fsp3) is 0.167. The minimum atomic E-state index is 0.609. The summed E-state index contributed by atoms with van der Waals surface area (Å²) in [5.74, 6) is 0.962. The molecule has 0 fully saturated rings. The van der Waals surface area contributed by atoms with E-state index >= 15 is 0 Å². The van der Waals surface area contributed by atoms with Crippen LogP contribution in [0.5, 0.6) is 0 Å². The number of allylic oxidation sites excluding steroid dienone is 3. The van der Waals surface area contributed by atoms with Gasteiger partial charge in [-0.2, -0.15) is 0 Å². The normalized spacial score (nSPS) is 13.9. The third-order valence-corrected chi connectivity index (χ3v) is 3.32. The van der Waals surface area contributed by atoms with E-state index in [-0.39, 0.29) is 0 Å². The largest absolute Gasteiger partial charge is 0.491 e. The Morgan fingerprint density at radius 2 is 1.86 bits per heavy atom. The van der Waals surface area contributed by atoms with Gasteiger partial charge in [-0.3, -0.25) is 4.98 Å². The quantitative estimate of drug-likeness (QED) is 0.912. The van der Waals surface area contributed by atoms with Gasteiger partial charge in [0.05, 0.1) is 6.54 Å². The zero-order valence-electron chi connectivity index (χ0n) is 11.8. The van der Waals surface area contributed by atoms with Crippen LogP contribution in [0.3, 0.4) is 0 Å². The summed E-state index contributed by atoms with van der Waals surface area (Å²) in [4.78, 5) is 4.34. The highest BCUT2D eigenvalue weighted by molar-refractivity contribution is 5.24. The van der Waals surface area contributed by atoms with Crippen molar-refractivity contribution in [1.82, 2.24) is 10.3 Å². The third-order valence-electron chi connectivity index (χ3n) is 3.32. The van der Waals surface area contributed by atoms with Crippen LogP contribution in [-0.4, -0.2) is 11.5 Å². The Kier molecular flexibility index (Phi) is 4.32. The summed E-state index contributed by atoms with van der Waals surface area (Å²) in [7, 11) is 0. The van der Waals surface area contributed by atoms with Gasteiger partial charge in [-0.05, 0) is 29.8 Å². The van der Waals surface area contributed by atoms with Crippen molar-refractivity contribution in [2.45, 2.75) is 13.0 Å². The van der Waals surface area contributed by atoms with E-state index in [4.69, 9.17) is 4.74 Å². The molecule has 0 saturated heterocycles. The van der Waals surface area contributed by atoms with Gasteiger partial charge in [-0.15, -0.1) is 0 Å². The van der Waals surface area contributed by atoms with E-state index in [2.05, 4.69) is 28.5 Å². The van der Waals surface area contributed by atoms with Gasteiger partial charge in [0.15, 0.2) is 0 Å². The molecule has 0 unspecified atom stereocenters. The first kappa shape index (κ1) is 13.4. The van der Waals surface area contributed by atoms with Crippen LogP contribution in [0.1, 0.15) is 11.3 Å². The van der Waals surface area contributed by atoms with Gasteiger partial charge < -0.3 is 10.1 Å². The molecule has 0 radical (unpaired) electrons. The summed E-state index contributed by atoms with van der Waals surface area (Å²) in [5, 5.41) is 3.38. The van der Waals surface area contributed by atoms with Crippen LogP contribution in [0, 0.1) is 0 Å². The van der Waals surface area contributed by atoms with Crippen LogP contribution in [0.15, 0.2) is 78.3 Å². The predicted octanol–water partition coefficient (Wildman–Crippen LogP) is 3.21. The van der Waals surface area contributed by atoms with Gasteiger partial charge in [0, 0.05) is 24.0 Å². The van der Waals surface area contributed by atoms with E-state index in [9.17, 15) is 0 Å². The molecule has 106 valence electrons. The Bertz CT molecular complexity index is 633. The summed E-state index contributed by atoms with van der Waals surface area (Å²) in [5.41, 5.74) is 3.42. The molecule has 3 rings (SSSR count). The maximum atomic E-state index is 5.81. The topological polar surface area (TPSA) is 34.2 Å². The number of pyridine rings is 1. The van der Waals surface area contributed by atoms with E-state index in [1.807, 2.05) is 48.7 Å². The zero-order valence-corrected chi connectivity index (χ0v) is 11.8. The molecule has 1 aromatic heterocycles. The van der Waals surface area contributed by atoms with E-state index in [0.717, 1.165) is 24.4 Å². The predicted molar refractivity (Wildman–Crippen MR) is 83.3 cm³/mol. The van der Waals surface area contributed by atoms with Gasteiger partial charge in [0.25, 0.3) is 0 Å². The van der Waals surface area contributed by atoms with Crippen molar-refractivity contribution in [2.75, 3.05) is 6.54 Å². The smallest absolute Gasteiger partial charge is 0.116 e. The van der Waals surface area contributed by atoms with Crippen LogP contribution in [-0.2, 0) is 17.8 Å². The number of rotatable bonds is 5. The molecule has 0 atom stereocenters. The highest BCUT2D eigenvalue weighted by Gasteiger charge is 2.07. The van der Waals surface area contributed by atoms with Crippen molar-refractivity contribution in [3.8, 4) is 0 Å². The third kappa shape index (κ3) is 3.96. The Morgan fingerprint density at radius 1 is 1.00 bits per heavy atom. The van der Waals surface area contributed by atoms with E-state index in [0.29, 0.717) is 6.61 Å². The summed E-state index contributed by atoms with van der Waals surface area (Å²) < 4.78 is 5.81. The number of benzene rings is 1. The van der Waals surface area contributed by atoms with Gasteiger partial charge in [-0.25, -0.2) is 0 Å². The number of dihydropyridines is 1. The first-order valence-corrected chi connectivity index (χ1v) is 7.10. The minimum Gasteiger partial charge on any atom is -0.491 e. The summed E-state index contributed by atoms with van der Waals surface area (Å²) in [6.45, 7) is 1.34. The molecule has 0 aliphatic carbocycles. The van der Waals surface area contributed by atoms with Crippen molar-refractivity contribution in [3.05, 3.63) is 89.6 Å². The number of nitrogens with one attached hydrogen (secondary N) is 1. The fourth-order valence-corrected chi connectivity index (χ4v) is 2.18. The monoisotopic (exact) mass is 278 g/mol. The molecule has 3 heteroatoms. The molecule has 0 saturated carbocycles. The number of aromatic nitrogens is 1.